The molecule has 1 fully saturated rings. The zero-order valence-electron chi connectivity index (χ0n) is 17.9. The molecule has 0 aromatic heterocycles. The first-order valence-corrected chi connectivity index (χ1v) is 11.0. The highest BCUT2D eigenvalue weighted by atomic mass is 127. The molecule has 5 heteroatoms. The van der Waals surface area contributed by atoms with Gasteiger partial charge in [0.1, 0.15) is 5.75 Å². The molecule has 0 spiro atoms. The Morgan fingerprint density at radius 3 is 2.57 bits per heavy atom. The van der Waals surface area contributed by atoms with Gasteiger partial charge >= 0.3 is 0 Å². The number of hydrogen-bond acceptors (Lipinski definition) is 2. The number of carbonyl (C=O) groups is 1. The van der Waals surface area contributed by atoms with Crippen LogP contribution in [0.5, 0.6) is 5.75 Å². The van der Waals surface area contributed by atoms with Crippen LogP contribution in [0.25, 0.3) is 0 Å². The van der Waals surface area contributed by atoms with E-state index in [4.69, 9.17) is 4.74 Å². The lowest BCUT2D eigenvalue weighted by Crippen LogP contribution is -3.00. The van der Waals surface area contributed by atoms with Crippen LogP contribution in [0.15, 0.2) is 48.5 Å². The summed E-state index contributed by atoms with van der Waals surface area (Å²) >= 11 is 0. The third-order valence-electron chi connectivity index (χ3n) is 6.63. The van der Waals surface area contributed by atoms with Crippen molar-refractivity contribution in [2.75, 3.05) is 38.6 Å². The Hall–Kier alpha value is -1.60. The topological polar surface area (TPSA) is 38.3 Å². The third-order valence-corrected chi connectivity index (χ3v) is 6.63. The average molecular weight is 520 g/mol. The van der Waals surface area contributed by atoms with Gasteiger partial charge in [-0.05, 0) is 49.3 Å². The van der Waals surface area contributed by atoms with E-state index in [-0.39, 0.29) is 29.9 Å². The second-order valence-electron chi connectivity index (χ2n) is 8.96. The maximum Gasteiger partial charge on any atom is 0.224 e. The molecule has 1 saturated heterocycles. The average Bonchev–Trinajstić information content (AvgIpc) is 2.74. The van der Waals surface area contributed by atoms with Crippen LogP contribution in [0.1, 0.15) is 36.8 Å². The van der Waals surface area contributed by atoms with Gasteiger partial charge in [0.15, 0.2) is 0 Å². The number of nitrogens with one attached hydrogen (secondary N) is 1. The molecular formula is C25H33IN2O2. The number of anilines is 1. The molecule has 30 heavy (non-hydrogen) atoms. The van der Waals surface area contributed by atoms with Crippen molar-refractivity contribution in [3.63, 3.8) is 0 Å². The van der Waals surface area contributed by atoms with E-state index in [0.717, 1.165) is 46.8 Å². The van der Waals surface area contributed by atoms with Crippen molar-refractivity contribution in [2.45, 2.75) is 38.5 Å². The molecule has 1 N–H and O–H groups in total. The first-order valence-electron chi connectivity index (χ1n) is 11.0. The predicted molar refractivity (Wildman–Crippen MR) is 117 cm³/mol. The highest BCUT2D eigenvalue weighted by Gasteiger charge is 2.29. The van der Waals surface area contributed by atoms with Crippen molar-refractivity contribution >= 4 is 11.6 Å². The highest BCUT2D eigenvalue weighted by Crippen LogP contribution is 2.31. The highest BCUT2D eigenvalue weighted by molar-refractivity contribution is 5.94. The number of rotatable bonds is 7. The van der Waals surface area contributed by atoms with Crippen LogP contribution in [-0.4, -0.2) is 43.7 Å². The summed E-state index contributed by atoms with van der Waals surface area (Å²) in [5.41, 5.74) is 3.54. The number of nitrogens with zero attached hydrogens (tertiary/aromatic N) is 1. The maximum absolute atomic E-state index is 11.6. The smallest absolute Gasteiger partial charge is 0.224 e. The van der Waals surface area contributed by atoms with Crippen molar-refractivity contribution in [3.05, 3.63) is 59.7 Å². The summed E-state index contributed by atoms with van der Waals surface area (Å²) in [4.78, 5) is 11.6. The normalized spacial score (nSPS) is 23.1. The van der Waals surface area contributed by atoms with Gasteiger partial charge in [-0.1, -0.05) is 36.4 Å². The summed E-state index contributed by atoms with van der Waals surface area (Å²) in [6.45, 7) is 4.45. The Labute approximate surface area is 197 Å². The molecule has 0 bridgehead atoms. The fourth-order valence-electron chi connectivity index (χ4n) is 4.78. The van der Waals surface area contributed by atoms with Gasteiger partial charge in [0.2, 0.25) is 5.91 Å². The molecule has 4 rings (SSSR count). The number of carbonyl (C=O) groups excluding carboxylic acids is 1. The molecule has 1 amide bonds. The lowest BCUT2D eigenvalue weighted by molar-refractivity contribution is -0.915. The van der Waals surface area contributed by atoms with Gasteiger partial charge < -0.3 is 38.5 Å². The van der Waals surface area contributed by atoms with Crippen LogP contribution in [0.2, 0.25) is 0 Å². The summed E-state index contributed by atoms with van der Waals surface area (Å²) in [7, 11) is 2.40. The Kier molecular flexibility index (Phi) is 8.17. The number of piperidine rings is 1. The minimum atomic E-state index is 0. The molecule has 2 aliphatic heterocycles. The monoisotopic (exact) mass is 520 g/mol. The third kappa shape index (κ3) is 5.97. The van der Waals surface area contributed by atoms with E-state index in [9.17, 15) is 4.79 Å². The summed E-state index contributed by atoms with van der Waals surface area (Å²) < 4.78 is 7.28. The van der Waals surface area contributed by atoms with Gasteiger partial charge in [-0.25, -0.2) is 0 Å². The second-order valence-corrected chi connectivity index (χ2v) is 8.96. The van der Waals surface area contributed by atoms with Crippen LogP contribution < -0.4 is 34.0 Å². The van der Waals surface area contributed by atoms with E-state index in [2.05, 4.69) is 42.7 Å². The van der Waals surface area contributed by atoms with Crippen LogP contribution in [-0.2, 0) is 17.6 Å². The summed E-state index contributed by atoms with van der Waals surface area (Å²) in [5, 5.41) is 2.95. The molecule has 2 heterocycles. The molecule has 2 aromatic rings. The molecule has 0 atom stereocenters. The van der Waals surface area contributed by atoms with Crippen molar-refractivity contribution in [1.29, 1.82) is 0 Å². The lowest BCUT2D eigenvalue weighted by atomic mass is 9.89. The summed E-state index contributed by atoms with van der Waals surface area (Å²) in [6, 6.07) is 16.9. The minimum Gasteiger partial charge on any atom is -1.00 e. The quantitative estimate of drug-likeness (QED) is 0.341. The predicted octanol–water partition coefficient (Wildman–Crippen LogP) is 1.44. The fraction of sp³-hybridized carbons (Fsp3) is 0.480. The Morgan fingerprint density at radius 1 is 1.03 bits per heavy atom. The van der Waals surface area contributed by atoms with Gasteiger partial charge in [-0.2, -0.15) is 0 Å². The number of hydrogen-bond donors (Lipinski definition) is 1. The standard InChI is InChI=1S/C25H32N2O2.HI/c1-27(16-13-21(14-17-27)19-20-7-3-2-4-8-20)15-6-18-29-24-10-5-9-23-22(24)11-12-25(28)26-23;/h2-5,7-10,21H,6,11-19H2,1H3;1H. The van der Waals surface area contributed by atoms with E-state index < -0.39 is 0 Å². The van der Waals surface area contributed by atoms with Gasteiger partial charge in [0.05, 0.1) is 33.3 Å². The molecule has 2 aliphatic rings. The number of fused-ring (bicyclic) bond motifs is 1. The zero-order chi connectivity index (χ0) is 20.1. The van der Waals surface area contributed by atoms with E-state index in [1.54, 1.807) is 0 Å². The Morgan fingerprint density at radius 2 is 1.80 bits per heavy atom. The number of halogens is 1. The first-order chi connectivity index (χ1) is 14.1. The molecule has 0 aliphatic carbocycles. The molecule has 0 unspecified atom stereocenters. The van der Waals surface area contributed by atoms with E-state index >= 15 is 0 Å². The number of ether oxygens (including phenoxy) is 1. The van der Waals surface area contributed by atoms with Gasteiger partial charge in [-0.15, -0.1) is 0 Å². The first kappa shape index (κ1) is 23.1. The summed E-state index contributed by atoms with van der Waals surface area (Å²) in [6.07, 6.45) is 6.24. The van der Waals surface area contributed by atoms with Gasteiger partial charge in [0, 0.05) is 24.1 Å². The SMILES string of the molecule is C[N+]1(CCCOc2cccc3c2CCC(=O)N3)CCC(Cc2ccccc2)CC1.[I-]. The van der Waals surface area contributed by atoms with Crippen LogP contribution >= 0.6 is 0 Å². The number of quaternary nitrogens is 1. The van der Waals surface area contributed by atoms with Crippen molar-refractivity contribution in [3.8, 4) is 5.75 Å². The van der Waals surface area contributed by atoms with Crippen molar-refractivity contribution < 1.29 is 38.0 Å². The largest absolute Gasteiger partial charge is 1.00 e. The lowest BCUT2D eigenvalue weighted by Gasteiger charge is -2.40. The Bertz CT molecular complexity index is 832. The number of amides is 1. The molecule has 0 saturated carbocycles. The summed E-state index contributed by atoms with van der Waals surface area (Å²) in [5.74, 6) is 1.86. The van der Waals surface area contributed by atoms with E-state index in [1.807, 2.05) is 18.2 Å². The molecule has 162 valence electrons. The van der Waals surface area contributed by atoms with Crippen LogP contribution in [0.3, 0.4) is 0 Å². The van der Waals surface area contributed by atoms with Crippen LogP contribution in [0.4, 0.5) is 5.69 Å². The maximum atomic E-state index is 11.6. The minimum absolute atomic E-state index is 0. The van der Waals surface area contributed by atoms with Gasteiger partial charge in [0.25, 0.3) is 0 Å². The zero-order valence-corrected chi connectivity index (χ0v) is 20.1. The van der Waals surface area contributed by atoms with Gasteiger partial charge in [-0.3, -0.25) is 4.79 Å². The number of likely N-dealkylation sites (tertiary alicyclic amines) is 1. The fourth-order valence-corrected chi connectivity index (χ4v) is 4.78. The number of benzene rings is 2. The van der Waals surface area contributed by atoms with Crippen LogP contribution in [0, 0.1) is 5.92 Å². The molecule has 0 radical (unpaired) electrons. The van der Waals surface area contributed by atoms with Crippen molar-refractivity contribution in [1.82, 2.24) is 0 Å². The molecule has 2 aromatic carbocycles. The van der Waals surface area contributed by atoms with E-state index in [0.29, 0.717) is 6.42 Å². The van der Waals surface area contributed by atoms with E-state index in [1.165, 1.54) is 44.5 Å². The molecular weight excluding hydrogens is 487 g/mol. The van der Waals surface area contributed by atoms with Crippen molar-refractivity contribution in [2.24, 2.45) is 5.92 Å². The Balaban J connectivity index is 0.00000256. The second kappa shape index (κ2) is 10.6. The molecule has 4 nitrogen and oxygen atoms in total.